The average molecular weight is 283 g/mol. The molecule has 2 saturated heterocycles. The SMILES string of the molecule is CCCCCCC1(CCN2CCCCC2C)OCCO1. The van der Waals surface area contributed by atoms with Gasteiger partial charge in [0.25, 0.3) is 0 Å². The second-order valence-corrected chi connectivity index (χ2v) is 6.55. The molecule has 0 bridgehead atoms. The maximum atomic E-state index is 6.00. The van der Waals surface area contributed by atoms with Crippen LogP contribution in [0.3, 0.4) is 0 Å². The van der Waals surface area contributed by atoms with Crippen LogP contribution in [-0.4, -0.2) is 43.0 Å². The Kier molecular flexibility index (Phi) is 6.79. The zero-order valence-corrected chi connectivity index (χ0v) is 13.5. The summed E-state index contributed by atoms with van der Waals surface area (Å²) in [5, 5.41) is 0. The number of likely N-dealkylation sites (tertiary alicyclic amines) is 1. The molecule has 0 spiro atoms. The van der Waals surface area contributed by atoms with Gasteiger partial charge in [-0.05, 0) is 32.7 Å². The lowest BCUT2D eigenvalue weighted by atomic mass is 10.00. The van der Waals surface area contributed by atoms with Gasteiger partial charge >= 0.3 is 0 Å². The van der Waals surface area contributed by atoms with Crippen LogP contribution in [0.2, 0.25) is 0 Å². The van der Waals surface area contributed by atoms with E-state index in [2.05, 4.69) is 18.7 Å². The largest absolute Gasteiger partial charge is 0.347 e. The van der Waals surface area contributed by atoms with E-state index in [1.165, 1.54) is 51.5 Å². The van der Waals surface area contributed by atoms with Crippen molar-refractivity contribution >= 4 is 0 Å². The van der Waals surface area contributed by atoms with Gasteiger partial charge in [0, 0.05) is 25.4 Å². The molecule has 2 aliphatic heterocycles. The molecule has 3 heteroatoms. The molecule has 0 aliphatic carbocycles. The molecule has 0 aromatic rings. The van der Waals surface area contributed by atoms with Crippen molar-refractivity contribution in [2.75, 3.05) is 26.3 Å². The van der Waals surface area contributed by atoms with Crippen molar-refractivity contribution in [3.05, 3.63) is 0 Å². The Hall–Kier alpha value is -0.120. The summed E-state index contributed by atoms with van der Waals surface area (Å²) >= 11 is 0. The Labute approximate surface area is 125 Å². The van der Waals surface area contributed by atoms with Crippen molar-refractivity contribution in [2.45, 2.75) is 83.5 Å². The standard InChI is InChI=1S/C17H33NO2/c1-3-4-5-7-10-17(19-14-15-20-17)11-13-18-12-8-6-9-16(18)2/h16H,3-15H2,1-2H3. The van der Waals surface area contributed by atoms with Crippen LogP contribution in [0.5, 0.6) is 0 Å². The number of hydrogen-bond donors (Lipinski definition) is 0. The summed E-state index contributed by atoms with van der Waals surface area (Å²) in [5.74, 6) is -0.259. The fraction of sp³-hybridized carbons (Fsp3) is 1.00. The summed E-state index contributed by atoms with van der Waals surface area (Å²) in [6.07, 6.45) is 11.4. The van der Waals surface area contributed by atoms with Crippen molar-refractivity contribution < 1.29 is 9.47 Å². The number of piperidine rings is 1. The molecule has 0 aromatic carbocycles. The zero-order valence-electron chi connectivity index (χ0n) is 13.5. The molecule has 2 fully saturated rings. The summed E-state index contributed by atoms with van der Waals surface area (Å²) in [6, 6.07) is 0.738. The average Bonchev–Trinajstić information content (AvgIpc) is 2.92. The molecule has 1 unspecified atom stereocenters. The highest BCUT2D eigenvalue weighted by Gasteiger charge is 2.36. The minimum absolute atomic E-state index is 0.259. The zero-order chi connectivity index (χ0) is 14.3. The van der Waals surface area contributed by atoms with Crippen molar-refractivity contribution in [3.8, 4) is 0 Å². The van der Waals surface area contributed by atoms with Crippen LogP contribution in [0, 0.1) is 0 Å². The molecule has 1 atom stereocenters. The third-order valence-corrected chi connectivity index (χ3v) is 4.95. The third-order valence-electron chi connectivity index (χ3n) is 4.95. The minimum Gasteiger partial charge on any atom is -0.347 e. The van der Waals surface area contributed by atoms with Gasteiger partial charge < -0.3 is 14.4 Å². The number of unbranched alkanes of at least 4 members (excludes halogenated alkanes) is 3. The normalized spacial score (nSPS) is 27.0. The first-order chi connectivity index (χ1) is 9.76. The maximum Gasteiger partial charge on any atom is 0.169 e. The van der Waals surface area contributed by atoms with Gasteiger partial charge in [-0.2, -0.15) is 0 Å². The Bertz CT molecular complexity index is 264. The van der Waals surface area contributed by atoms with E-state index in [1.807, 2.05) is 0 Å². The molecule has 20 heavy (non-hydrogen) atoms. The molecular weight excluding hydrogens is 250 g/mol. The molecule has 0 saturated carbocycles. The number of hydrogen-bond acceptors (Lipinski definition) is 3. The van der Waals surface area contributed by atoms with E-state index in [9.17, 15) is 0 Å². The van der Waals surface area contributed by atoms with Crippen molar-refractivity contribution in [1.29, 1.82) is 0 Å². The van der Waals surface area contributed by atoms with E-state index < -0.39 is 0 Å². The number of rotatable bonds is 8. The topological polar surface area (TPSA) is 21.7 Å². The van der Waals surface area contributed by atoms with E-state index in [1.54, 1.807) is 0 Å². The molecule has 2 heterocycles. The molecule has 0 aromatic heterocycles. The van der Waals surface area contributed by atoms with Crippen LogP contribution in [0.15, 0.2) is 0 Å². The van der Waals surface area contributed by atoms with Crippen molar-refractivity contribution in [3.63, 3.8) is 0 Å². The van der Waals surface area contributed by atoms with Crippen LogP contribution >= 0.6 is 0 Å². The Morgan fingerprint density at radius 1 is 1.05 bits per heavy atom. The van der Waals surface area contributed by atoms with Gasteiger partial charge in [-0.25, -0.2) is 0 Å². The lowest BCUT2D eigenvalue weighted by Gasteiger charge is -2.36. The highest BCUT2D eigenvalue weighted by atomic mass is 16.7. The second kappa shape index (κ2) is 8.35. The van der Waals surface area contributed by atoms with E-state index in [4.69, 9.17) is 9.47 Å². The summed E-state index contributed by atoms with van der Waals surface area (Å²) in [7, 11) is 0. The molecular formula is C17H33NO2. The second-order valence-electron chi connectivity index (χ2n) is 6.55. The molecule has 3 nitrogen and oxygen atoms in total. The van der Waals surface area contributed by atoms with Gasteiger partial charge in [-0.3, -0.25) is 0 Å². The molecule has 0 radical (unpaired) electrons. The third kappa shape index (κ3) is 4.71. The van der Waals surface area contributed by atoms with E-state index >= 15 is 0 Å². The van der Waals surface area contributed by atoms with Gasteiger partial charge in [-0.15, -0.1) is 0 Å². The van der Waals surface area contributed by atoms with Crippen molar-refractivity contribution in [2.24, 2.45) is 0 Å². The fourth-order valence-electron chi connectivity index (χ4n) is 3.54. The van der Waals surface area contributed by atoms with Gasteiger partial charge in [0.05, 0.1) is 13.2 Å². The Morgan fingerprint density at radius 2 is 1.85 bits per heavy atom. The van der Waals surface area contributed by atoms with Gasteiger partial charge in [0.15, 0.2) is 5.79 Å². The first-order valence-electron chi connectivity index (χ1n) is 8.78. The highest BCUT2D eigenvalue weighted by molar-refractivity contribution is 4.79. The molecule has 118 valence electrons. The van der Waals surface area contributed by atoms with Crippen LogP contribution in [-0.2, 0) is 9.47 Å². The van der Waals surface area contributed by atoms with E-state index in [0.717, 1.165) is 38.6 Å². The van der Waals surface area contributed by atoms with Crippen LogP contribution in [0.1, 0.15) is 71.6 Å². The van der Waals surface area contributed by atoms with Crippen LogP contribution in [0.4, 0.5) is 0 Å². The van der Waals surface area contributed by atoms with Gasteiger partial charge in [-0.1, -0.05) is 32.6 Å². The summed E-state index contributed by atoms with van der Waals surface area (Å²) in [4.78, 5) is 2.63. The van der Waals surface area contributed by atoms with Gasteiger partial charge in [0.1, 0.15) is 0 Å². The fourth-order valence-corrected chi connectivity index (χ4v) is 3.54. The molecule has 2 rings (SSSR count). The lowest BCUT2D eigenvalue weighted by Crippen LogP contribution is -2.42. The maximum absolute atomic E-state index is 6.00. The summed E-state index contributed by atoms with van der Waals surface area (Å²) < 4.78 is 12.0. The summed E-state index contributed by atoms with van der Waals surface area (Å²) in [6.45, 7) is 8.58. The molecule has 0 amide bonds. The first kappa shape index (κ1) is 16.3. The van der Waals surface area contributed by atoms with Crippen molar-refractivity contribution in [1.82, 2.24) is 4.90 Å². The van der Waals surface area contributed by atoms with Gasteiger partial charge in [0.2, 0.25) is 0 Å². The first-order valence-corrected chi connectivity index (χ1v) is 8.78. The molecule has 0 N–H and O–H groups in total. The quantitative estimate of drug-likeness (QED) is 0.629. The van der Waals surface area contributed by atoms with Crippen LogP contribution < -0.4 is 0 Å². The Morgan fingerprint density at radius 3 is 2.55 bits per heavy atom. The highest BCUT2D eigenvalue weighted by Crippen LogP contribution is 2.31. The van der Waals surface area contributed by atoms with E-state index in [-0.39, 0.29) is 5.79 Å². The number of ether oxygens (including phenoxy) is 2. The smallest absolute Gasteiger partial charge is 0.169 e. The number of nitrogens with zero attached hydrogens (tertiary/aromatic N) is 1. The lowest BCUT2D eigenvalue weighted by molar-refractivity contribution is -0.171. The predicted molar refractivity (Wildman–Crippen MR) is 82.9 cm³/mol. The molecule has 2 aliphatic rings. The monoisotopic (exact) mass is 283 g/mol. The predicted octanol–water partition coefficient (Wildman–Crippen LogP) is 3.96. The Balaban J connectivity index is 1.76. The minimum atomic E-state index is -0.259. The van der Waals surface area contributed by atoms with E-state index in [0.29, 0.717) is 0 Å². The summed E-state index contributed by atoms with van der Waals surface area (Å²) in [5.41, 5.74) is 0. The van der Waals surface area contributed by atoms with Crippen LogP contribution in [0.25, 0.3) is 0 Å².